The Balaban J connectivity index is 0.00000363. The maximum Gasteiger partial charge on any atom is 0.164 e. The molecule has 0 unspecified atom stereocenters. The van der Waals surface area contributed by atoms with Crippen molar-refractivity contribution < 1.29 is 0 Å². The van der Waals surface area contributed by atoms with Crippen LogP contribution in [0, 0.1) is 13.8 Å². The number of amidine groups is 8. The summed E-state index contributed by atoms with van der Waals surface area (Å²) in [5.74, 6) is 4.41. The van der Waals surface area contributed by atoms with Gasteiger partial charge in [0.2, 0.25) is 0 Å². The molecule has 6 heterocycles. The molecule has 0 aromatic heterocycles. The number of aliphatic imine (C=N–C) groups is 8. The number of hydrogen-bond donors (Lipinski definition) is 0. The molecule has 6 aromatic carbocycles. The van der Waals surface area contributed by atoms with Crippen LogP contribution >= 0.6 is 0 Å². The van der Waals surface area contributed by atoms with Gasteiger partial charge in [0.15, 0.2) is 46.7 Å². The fraction of sp³-hybridized carbons (Fsp3) is 0.130. The van der Waals surface area contributed by atoms with E-state index in [2.05, 4.69) is 49.1 Å². The van der Waals surface area contributed by atoms with Crippen LogP contribution in [0.5, 0.6) is 0 Å². The molecule has 1 saturated heterocycles. The Hall–Kier alpha value is -6.20. The Morgan fingerprint density at radius 1 is 0.357 bits per heavy atom. The fourth-order valence-electron chi connectivity index (χ4n) is 8.81. The summed E-state index contributed by atoms with van der Waals surface area (Å²) in [7, 11) is 0. The van der Waals surface area contributed by atoms with Crippen molar-refractivity contribution in [2.75, 3.05) is 18.0 Å². The van der Waals surface area contributed by atoms with Gasteiger partial charge in [-0.05, 0) is 83.6 Å². The zero-order valence-electron chi connectivity index (χ0n) is 30.7. The third-order valence-corrected chi connectivity index (χ3v) is 11.7. The molecular weight excluding hydrogens is 797 g/mol. The third kappa shape index (κ3) is 4.86. The number of anilines is 1. The monoisotopic (exact) mass is 829 g/mol. The Kier molecular flexibility index (Phi) is 7.35. The van der Waals surface area contributed by atoms with Crippen LogP contribution in [0.3, 0.4) is 0 Å². The SMILES string of the molecule is Cc1c2ccc(N3CCCC3)cc2c(C)c2cc3c(cc12)C1=NC2=NC(=NC4=NC(=NC5=NC(=NC3=N1)c1ccccc15)c1ccccc14)c1ccccc12.[Sn]. The van der Waals surface area contributed by atoms with Crippen molar-refractivity contribution in [3.63, 3.8) is 0 Å². The van der Waals surface area contributed by atoms with Gasteiger partial charge in [0.1, 0.15) is 0 Å². The molecule has 8 bridgehead atoms. The van der Waals surface area contributed by atoms with E-state index in [1.54, 1.807) is 0 Å². The Labute approximate surface area is 339 Å². The molecule has 9 nitrogen and oxygen atoms in total. The van der Waals surface area contributed by atoms with Crippen LogP contribution in [0.1, 0.15) is 68.5 Å². The molecular formula is C46H31N9Sn. The standard InChI is InChI=1S/C46H31N9.Sn/c1-24-27-18-17-26(55-19-9-10-20-55)21-34(27)25(2)36-23-38-37(22-35(24)36)45-52-43-32-15-7-5-13-30(32)41(50-43)48-39-28-11-3-4-12-29(28)40(47-39)49-42-31-14-6-8-16-33(31)44(51-42)53-46(38)54-45;/h3-8,11-18,21-23H,9-10,19-20H2,1-2H3;. The first kappa shape index (κ1) is 33.2. The van der Waals surface area contributed by atoms with Crippen LogP contribution in [0.25, 0.3) is 21.5 Å². The summed E-state index contributed by atoms with van der Waals surface area (Å²) in [6, 6.07) is 35.6. The molecule has 56 heavy (non-hydrogen) atoms. The average molecular weight is 829 g/mol. The van der Waals surface area contributed by atoms with E-state index in [9.17, 15) is 0 Å². The van der Waals surface area contributed by atoms with Gasteiger partial charge < -0.3 is 4.90 Å². The summed E-state index contributed by atoms with van der Waals surface area (Å²) in [6.45, 7) is 6.68. The van der Waals surface area contributed by atoms with Crippen molar-refractivity contribution in [2.45, 2.75) is 26.7 Å². The van der Waals surface area contributed by atoms with Gasteiger partial charge in [-0.1, -0.05) is 78.9 Å². The first-order valence-electron chi connectivity index (χ1n) is 18.8. The molecule has 4 radical (unpaired) electrons. The second kappa shape index (κ2) is 12.4. The van der Waals surface area contributed by atoms with Crippen molar-refractivity contribution in [1.29, 1.82) is 0 Å². The van der Waals surface area contributed by atoms with Gasteiger partial charge in [-0.2, -0.15) is 0 Å². The molecule has 1 fully saturated rings. The van der Waals surface area contributed by atoms with Crippen LogP contribution < -0.4 is 4.90 Å². The molecule has 6 aliphatic rings. The van der Waals surface area contributed by atoms with Gasteiger partial charge in [-0.3, -0.25) is 0 Å². The van der Waals surface area contributed by atoms with E-state index in [4.69, 9.17) is 39.9 Å². The van der Waals surface area contributed by atoms with E-state index >= 15 is 0 Å². The maximum atomic E-state index is 5.23. The van der Waals surface area contributed by atoms with E-state index in [0.717, 1.165) is 57.6 Å². The molecule has 6 aliphatic heterocycles. The normalized spacial score (nSPS) is 17.1. The predicted octanol–water partition coefficient (Wildman–Crippen LogP) is 7.97. The summed E-state index contributed by atoms with van der Waals surface area (Å²) < 4.78 is 0. The second-order valence-electron chi connectivity index (χ2n) is 14.7. The van der Waals surface area contributed by atoms with E-state index in [1.165, 1.54) is 51.2 Å². The van der Waals surface area contributed by atoms with E-state index in [0.29, 0.717) is 46.7 Å². The zero-order chi connectivity index (χ0) is 36.4. The smallest absolute Gasteiger partial charge is 0.164 e. The molecule has 0 N–H and O–H groups in total. The third-order valence-electron chi connectivity index (χ3n) is 11.7. The van der Waals surface area contributed by atoms with Gasteiger partial charge in [0, 0.05) is 87.2 Å². The van der Waals surface area contributed by atoms with Crippen LogP contribution in [0.2, 0.25) is 0 Å². The number of benzene rings is 6. The quantitative estimate of drug-likeness (QED) is 0.122. The molecule has 264 valence electrons. The van der Waals surface area contributed by atoms with Crippen LogP contribution in [-0.4, -0.2) is 83.7 Å². The summed E-state index contributed by atoms with van der Waals surface area (Å²) in [5.41, 5.74) is 10.9. The molecule has 0 aliphatic carbocycles. The summed E-state index contributed by atoms with van der Waals surface area (Å²) in [5, 5.41) is 4.89. The second-order valence-corrected chi connectivity index (χ2v) is 14.7. The minimum atomic E-state index is 0. The summed E-state index contributed by atoms with van der Waals surface area (Å²) in [6.07, 6.45) is 2.49. The number of aryl methyl sites for hydroxylation is 2. The van der Waals surface area contributed by atoms with Crippen LogP contribution in [0.4, 0.5) is 5.69 Å². The first-order valence-corrected chi connectivity index (χ1v) is 18.8. The van der Waals surface area contributed by atoms with Crippen molar-refractivity contribution in [2.24, 2.45) is 39.9 Å². The molecule has 0 amide bonds. The Morgan fingerprint density at radius 2 is 0.661 bits per heavy atom. The fourth-order valence-corrected chi connectivity index (χ4v) is 8.81. The maximum absolute atomic E-state index is 5.23. The Morgan fingerprint density at radius 3 is 1.02 bits per heavy atom. The van der Waals surface area contributed by atoms with Gasteiger partial charge in [0.05, 0.1) is 0 Å². The van der Waals surface area contributed by atoms with Crippen molar-refractivity contribution in [1.82, 2.24) is 0 Å². The number of fused-ring (bicyclic) bond motifs is 18. The van der Waals surface area contributed by atoms with Crippen molar-refractivity contribution in [3.05, 3.63) is 159 Å². The van der Waals surface area contributed by atoms with Gasteiger partial charge in [0.25, 0.3) is 0 Å². The first-order chi connectivity index (χ1) is 27.1. The predicted molar refractivity (Wildman–Crippen MR) is 230 cm³/mol. The molecule has 0 atom stereocenters. The van der Waals surface area contributed by atoms with Crippen molar-refractivity contribution in [3.8, 4) is 0 Å². The topological polar surface area (TPSA) is 102 Å². The molecule has 0 saturated carbocycles. The van der Waals surface area contributed by atoms with Gasteiger partial charge in [-0.15, -0.1) is 0 Å². The van der Waals surface area contributed by atoms with Crippen LogP contribution in [-0.2, 0) is 0 Å². The van der Waals surface area contributed by atoms with Crippen molar-refractivity contribution >= 4 is 97.8 Å². The molecule has 0 spiro atoms. The minimum Gasteiger partial charge on any atom is -0.372 e. The largest absolute Gasteiger partial charge is 0.372 e. The van der Waals surface area contributed by atoms with Gasteiger partial charge >= 0.3 is 0 Å². The van der Waals surface area contributed by atoms with E-state index in [1.807, 2.05) is 72.8 Å². The van der Waals surface area contributed by atoms with E-state index in [-0.39, 0.29) is 23.9 Å². The number of rotatable bonds is 1. The Bertz CT molecular complexity index is 3060. The summed E-state index contributed by atoms with van der Waals surface area (Å²) in [4.78, 5) is 43.3. The van der Waals surface area contributed by atoms with Crippen LogP contribution in [0.15, 0.2) is 143 Å². The average Bonchev–Trinajstić information content (AvgIpc) is 4.06. The summed E-state index contributed by atoms with van der Waals surface area (Å²) >= 11 is 0. The van der Waals surface area contributed by atoms with E-state index < -0.39 is 0 Å². The molecule has 6 aromatic rings. The number of hydrogen-bond acceptors (Lipinski definition) is 9. The minimum absolute atomic E-state index is 0. The molecule has 10 heteroatoms. The van der Waals surface area contributed by atoms with Gasteiger partial charge in [-0.25, -0.2) is 39.9 Å². The number of nitrogens with zero attached hydrogens (tertiary/aromatic N) is 9. The molecule has 12 rings (SSSR count). The zero-order valence-corrected chi connectivity index (χ0v) is 33.5.